The van der Waals surface area contributed by atoms with Crippen molar-refractivity contribution in [1.29, 1.82) is 0 Å². The second kappa shape index (κ2) is 13.9. The second-order valence-electron chi connectivity index (χ2n) is 15.8. The first-order valence-electron chi connectivity index (χ1n) is 19.6. The number of nitrogens with zero attached hydrogens (tertiary/aromatic N) is 2. The maximum absolute atomic E-state index is 6.67. The van der Waals surface area contributed by atoms with E-state index in [1.165, 1.54) is 27.5 Å². The van der Waals surface area contributed by atoms with Crippen molar-refractivity contribution in [3.8, 4) is 67.3 Å². The van der Waals surface area contributed by atoms with Crippen LogP contribution >= 0.6 is 0 Å². The molecule has 0 unspecified atom stereocenters. The quantitative estimate of drug-likeness (QED) is 0.171. The molecule has 0 atom stereocenters. The van der Waals surface area contributed by atoms with Gasteiger partial charge in [-0.15, -0.1) is 0 Å². The fourth-order valence-corrected chi connectivity index (χ4v) is 8.07. The van der Waals surface area contributed by atoms with E-state index in [1.54, 1.807) is 0 Å². The van der Waals surface area contributed by atoms with Crippen molar-refractivity contribution in [3.05, 3.63) is 194 Å². The first-order chi connectivity index (χ1) is 27.9. The van der Waals surface area contributed by atoms with E-state index >= 15 is 0 Å². The Labute approximate surface area is 333 Å². The minimum Gasteiger partial charge on any atom is -0.455 e. The van der Waals surface area contributed by atoms with Crippen LogP contribution < -0.4 is 0 Å². The van der Waals surface area contributed by atoms with Gasteiger partial charge in [0.2, 0.25) is 0 Å². The Balaban J connectivity index is 0.966. The van der Waals surface area contributed by atoms with Crippen LogP contribution in [0.1, 0.15) is 26.3 Å². The molecule has 0 aliphatic rings. The third kappa shape index (κ3) is 6.37. The molecule has 2 aromatic heterocycles. The van der Waals surface area contributed by atoms with Crippen molar-refractivity contribution in [2.75, 3.05) is 0 Å². The zero-order chi connectivity index (χ0) is 38.5. The lowest BCUT2D eigenvalue weighted by Crippen LogP contribution is -2.10. The van der Waals surface area contributed by atoms with E-state index in [1.807, 2.05) is 18.2 Å². The highest BCUT2D eigenvalue weighted by Gasteiger charge is 2.22. The van der Waals surface area contributed by atoms with Crippen LogP contribution in [0, 0.1) is 0 Å². The lowest BCUT2D eigenvalue weighted by molar-refractivity contribution is 0.573. The maximum atomic E-state index is 6.67. The average molecular weight is 733 g/mol. The van der Waals surface area contributed by atoms with Crippen molar-refractivity contribution in [2.45, 2.75) is 26.2 Å². The van der Waals surface area contributed by atoms with Crippen LogP contribution in [0.5, 0.6) is 0 Å². The van der Waals surface area contributed by atoms with Crippen LogP contribution in [0.3, 0.4) is 0 Å². The van der Waals surface area contributed by atoms with E-state index < -0.39 is 0 Å². The molecule has 3 nitrogen and oxygen atoms in total. The van der Waals surface area contributed by atoms with Gasteiger partial charge in [-0.3, -0.25) is 0 Å². The summed E-state index contributed by atoms with van der Waals surface area (Å²) in [6.07, 6.45) is 0. The summed E-state index contributed by atoms with van der Waals surface area (Å²) in [6.45, 7) is 6.71. The smallest absolute Gasteiger partial charge is 0.160 e. The highest BCUT2D eigenvalue weighted by Crippen LogP contribution is 2.40. The Morgan fingerprint density at radius 1 is 0.368 bits per heavy atom. The van der Waals surface area contributed by atoms with Crippen molar-refractivity contribution >= 4 is 32.7 Å². The number of benzene rings is 8. The van der Waals surface area contributed by atoms with Crippen LogP contribution in [0.25, 0.3) is 100.0 Å². The highest BCUT2D eigenvalue weighted by molar-refractivity contribution is 6.10. The molecule has 0 aliphatic carbocycles. The van der Waals surface area contributed by atoms with Gasteiger partial charge < -0.3 is 4.42 Å². The molecule has 0 spiro atoms. The minimum absolute atomic E-state index is 0.0177. The molecule has 0 saturated carbocycles. The molecule has 10 aromatic rings. The largest absolute Gasteiger partial charge is 0.455 e. The first-order valence-corrected chi connectivity index (χ1v) is 19.6. The third-order valence-electron chi connectivity index (χ3n) is 11.1. The SMILES string of the molecule is CC(C)(C)c1cccc2c1oc1c(-c3ccc(-c4ccc(-c5cc(-c6ccc(-c7cccc8ccccc78)cc6)nc(-c6ccccc6)n5)cc4)cc3)cccc12. The van der Waals surface area contributed by atoms with Gasteiger partial charge >= 0.3 is 0 Å². The van der Waals surface area contributed by atoms with Crippen molar-refractivity contribution in [2.24, 2.45) is 0 Å². The van der Waals surface area contributed by atoms with Gasteiger partial charge in [-0.1, -0.05) is 203 Å². The predicted octanol–water partition coefficient (Wildman–Crippen LogP) is 14.8. The van der Waals surface area contributed by atoms with Gasteiger partial charge in [0.15, 0.2) is 5.82 Å². The summed E-state index contributed by atoms with van der Waals surface area (Å²) >= 11 is 0. The molecule has 0 bridgehead atoms. The lowest BCUT2D eigenvalue weighted by Gasteiger charge is -2.18. The fourth-order valence-electron chi connectivity index (χ4n) is 8.07. The lowest BCUT2D eigenvalue weighted by atomic mass is 9.86. The Morgan fingerprint density at radius 2 is 0.842 bits per heavy atom. The summed E-state index contributed by atoms with van der Waals surface area (Å²) < 4.78 is 6.67. The molecule has 3 heteroatoms. The summed E-state index contributed by atoms with van der Waals surface area (Å²) in [5.41, 5.74) is 14.9. The van der Waals surface area contributed by atoms with Crippen molar-refractivity contribution < 1.29 is 4.42 Å². The summed E-state index contributed by atoms with van der Waals surface area (Å²) in [5.74, 6) is 0.704. The molecule has 57 heavy (non-hydrogen) atoms. The minimum atomic E-state index is -0.0177. The van der Waals surface area contributed by atoms with E-state index in [2.05, 4.69) is 191 Å². The number of hydrogen-bond acceptors (Lipinski definition) is 3. The van der Waals surface area contributed by atoms with Gasteiger partial charge in [-0.05, 0) is 50.1 Å². The zero-order valence-corrected chi connectivity index (χ0v) is 32.2. The maximum Gasteiger partial charge on any atom is 0.160 e. The molecular formula is C54H40N2O. The highest BCUT2D eigenvalue weighted by atomic mass is 16.3. The zero-order valence-electron chi connectivity index (χ0n) is 32.2. The van der Waals surface area contributed by atoms with Gasteiger partial charge in [0.1, 0.15) is 11.2 Å². The van der Waals surface area contributed by atoms with Gasteiger partial charge in [-0.2, -0.15) is 0 Å². The number of fused-ring (bicyclic) bond motifs is 4. The molecular weight excluding hydrogens is 693 g/mol. The number of para-hydroxylation sites is 2. The molecule has 0 amide bonds. The van der Waals surface area contributed by atoms with E-state index in [0.29, 0.717) is 5.82 Å². The molecule has 0 aliphatic heterocycles. The van der Waals surface area contributed by atoms with Gasteiger partial charge in [-0.25, -0.2) is 9.97 Å². The molecule has 0 N–H and O–H groups in total. The third-order valence-corrected chi connectivity index (χ3v) is 11.1. The number of rotatable bonds is 6. The van der Waals surface area contributed by atoms with Crippen LogP contribution in [0.2, 0.25) is 0 Å². The normalized spacial score (nSPS) is 11.8. The standard InChI is InChI=1S/C54H40N2O/c1-54(2,3)48-21-11-20-47-46-19-10-18-45(51(46)57-52(47)48)39-26-22-35(23-27-39)36-24-30-40(31-25-36)49-34-50(56-53(55-49)42-13-5-4-6-14-42)41-32-28-38(29-33-41)44-17-9-15-37-12-7-8-16-43(37)44/h4-34H,1-3H3. The molecule has 272 valence electrons. The van der Waals surface area contributed by atoms with Gasteiger partial charge in [0, 0.05) is 38.6 Å². The van der Waals surface area contributed by atoms with Crippen LogP contribution in [-0.2, 0) is 5.41 Å². The van der Waals surface area contributed by atoms with Crippen molar-refractivity contribution in [1.82, 2.24) is 9.97 Å². The Kier molecular flexibility index (Phi) is 8.38. The molecule has 0 fully saturated rings. The second-order valence-corrected chi connectivity index (χ2v) is 15.8. The Morgan fingerprint density at radius 3 is 1.49 bits per heavy atom. The molecule has 2 heterocycles. The Bertz CT molecular complexity index is 3060. The average Bonchev–Trinajstić information content (AvgIpc) is 3.65. The monoisotopic (exact) mass is 732 g/mol. The summed E-state index contributed by atoms with van der Waals surface area (Å²) in [5, 5.41) is 4.80. The van der Waals surface area contributed by atoms with Crippen molar-refractivity contribution in [3.63, 3.8) is 0 Å². The van der Waals surface area contributed by atoms with E-state index in [0.717, 1.165) is 72.3 Å². The van der Waals surface area contributed by atoms with Crippen LogP contribution in [0.15, 0.2) is 192 Å². The summed E-state index contributed by atoms with van der Waals surface area (Å²) in [6, 6.07) is 66.5. The molecule has 0 saturated heterocycles. The summed E-state index contributed by atoms with van der Waals surface area (Å²) in [7, 11) is 0. The number of hydrogen-bond donors (Lipinski definition) is 0. The predicted molar refractivity (Wildman–Crippen MR) is 238 cm³/mol. The number of aromatic nitrogens is 2. The number of furan rings is 1. The van der Waals surface area contributed by atoms with Crippen LogP contribution in [0.4, 0.5) is 0 Å². The van der Waals surface area contributed by atoms with Gasteiger partial charge in [0.25, 0.3) is 0 Å². The van der Waals surface area contributed by atoms with Gasteiger partial charge in [0.05, 0.1) is 11.4 Å². The molecule has 8 aromatic carbocycles. The topological polar surface area (TPSA) is 38.9 Å². The van der Waals surface area contributed by atoms with Crippen LogP contribution in [-0.4, -0.2) is 9.97 Å². The fraction of sp³-hybridized carbons (Fsp3) is 0.0741. The van der Waals surface area contributed by atoms with E-state index in [4.69, 9.17) is 14.4 Å². The molecule has 10 rings (SSSR count). The Hall–Kier alpha value is -7.10. The first kappa shape index (κ1) is 34.4. The van der Waals surface area contributed by atoms with E-state index in [9.17, 15) is 0 Å². The van der Waals surface area contributed by atoms with E-state index in [-0.39, 0.29) is 5.41 Å². The molecule has 0 radical (unpaired) electrons. The summed E-state index contributed by atoms with van der Waals surface area (Å²) in [4.78, 5) is 10.2.